The molecule has 0 amide bonds. The fourth-order valence-corrected chi connectivity index (χ4v) is 1.70. The Morgan fingerprint density at radius 1 is 1.00 bits per heavy atom. The third-order valence-corrected chi connectivity index (χ3v) is 3.39. The van der Waals surface area contributed by atoms with E-state index in [-0.39, 0.29) is 5.92 Å². The minimum absolute atomic E-state index is 0.0290. The van der Waals surface area contributed by atoms with Crippen molar-refractivity contribution in [3.8, 4) is 0 Å². The van der Waals surface area contributed by atoms with Crippen molar-refractivity contribution in [2.24, 2.45) is 0 Å². The lowest BCUT2D eigenvalue weighted by Gasteiger charge is -2.27. The molecule has 0 aliphatic heterocycles. The van der Waals surface area contributed by atoms with Gasteiger partial charge >= 0.3 is 18.0 Å². The Balaban J connectivity index is 3.15. The minimum atomic E-state index is -6.52. The molecule has 1 atom stereocenters. The number of benzene rings is 1. The summed E-state index contributed by atoms with van der Waals surface area (Å²) >= 11 is 0. The maximum Gasteiger partial charge on any atom is 0.460 e. The van der Waals surface area contributed by atoms with Crippen molar-refractivity contribution in [3.05, 3.63) is 35.4 Å². The first-order valence-corrected chi connectivity index (χ1v) is 6.33. The maximum atomic E-state index is 13.3. The van der Waals surface area contributed by atoms with Crippen molar-refractivity contribution in [2.75, 3.05) is 0 Å². The van der Waals surface area contributed by atoms with Crippen molar-refractivity contribution in [2.45, 2.75) is 44.2 Å². The molecule has 0 spiro atoms. The predicted molar refractivity (Wildman–Crippen MR) is 65.4 cm³/mol. The van der Waals surface area contributed by atoms with E-state index < -0.39 is 29.4 Å². The molecule has 0 aliphatic carbocycles. The van der Waals surface area contributed by atoms with Gasteiger partial charge in [0.1, 0.15) is 0 Å². The summed E-state index contributed by atoms with van der Waals surface area (Å²) in [4.78, 5) is 11.4. The molecule has 22 heavy (non-hydrogen) atoms. The average Bonchev–Trinajstić information content (AvgIpc) is 2.44. The summed E-state index contributed by atoms with van der Waals surface area (Å²) in [5.74, 6) is -14.8. The van der Waals surface area contributed by atoms with Crippen molar-refractivity contribution < 1.29 is 35.5 Å². The van der Waals surface area contributed by atoms with Crippen LogP contribution in [0.25, 0.3) is 0 Å². The predicted octanol–water partition coefficient (Wildman–Crippen LogP) is 5.22. The lowest BCUT2D eigenvalue weighted by molar-refractivity contribution is -0.339. The zero-order valence-electron chi connectivity index (χ0n) is 11.6. The van der Waals surface area contributed by atoms with Crippen LogP contribution in [-0.2, 0) is 0 Å². The molecule has 8 heteroatoms. The number of hydrogen-bond acceptors (Lipinski definition) is 1. The maximum absolute atomic E-state index is 13.3. The molecule has 0 aromatic heterocycles. The van der Waals surface area contributed by atoms with Gasteiger partial charge in [-0.25, -0.2) is 0 Å². The van der Waals surface area contributed by atoms with Gasteiger partial charge in [-0.15, -0.1) is 0 Å². The molecule has 0 aliphatic rings. The molecule has 0 saturated carbocycles. The first kappa shape index (κ1) is 18.4. The molecule has 1 aromatic carbocycles. The van der Waals surface area contributed by atoms with Crippen LogP contribution in [0.4, 0.5) is 30.7 Å². The number of rotatable bonds is 5. The first-order valence-electron chi connectivity index (χ1n) is 6.33. The van der Waals surface area contributed by atoms with Gasteiger partial charge in [-0.3, -0.25) is 4.79 Å². The summed E-state index contributed by atoms with van der Waals surface area (Å²) in [5, 5.41) is 0. The third kappa shape index (κ3) is 3.10. The Hall–Kier alpha value is -1.60. The Bertz CT molecular complexity index is 531. The number of ketones is 1. The van der Waals surface area contributed by atoms with Crippen molar-refractivity contribution in [1.82, 2.24) is 0 Å². The second kappa shape index (κ2) is 5.89. The fourth-order valence-electron chi connectivity index (χ4n) is 1.70. The zero-order chi connectivity index (χ0) is 17.3. The fraction of sp³-hybridized carbons (Fsp3) is 0.500. The zero-order valence-corrected chi connectivity index (χ0v) is 11.6. The van der Waals surface area contributed by atoms with Crippen LogP contribution in [0.3, 0.4) is 0 Å². The van der Waals surface area contributed by atoms with Gasteiger partial charge in [-0.1, -0.05) is 38.1 Å². The van der Waals surface area contributed by atoms with Gasteiger partial charge in [0.05, 0.1) is 0 Å². The highest BCUT2D eigenvalue weighted by Crippen LogP contribution is 2.47. The standard InChI is InChI=1S/C14H13F7O/c1-3-8(2)9-4-6-10(7-5-9)11(22)12(15,16)13(17,18)14(19,20)21/h4-8H,3H2,1-2H3. The van der Waals surface area contributed by atoms with Crippen LogP contribution in [0.2, 0.25) is 0 Å². The molecule has 0 N–H and O–H groups in total. The number of alkyl halides is 7. The monoisotopic (exact) mass is 330 g/mol. The number of carbonyl (C=O) groups is 1. The summed E-state index contributed by atoms with van der Waals surface area (Å²) in [6.45, 7) is 3.66. The lowest BCUT2D eigenvalue weighted by Crippen LogP contribution is -2.56. The Labute approximate surface area is 122 Å². The van der Waals surface area contributed by atoms with E-state index in [2.05, 4.69) is 0 Å². The molecule has 1 nitrogen and oxygen atoms in total. The second-order valence-electron chi connectivity index (χ2n) is 4.91. The topological polar surface area (TPSA) is 17.1 Å². The molecule has 0 radical (unpaired) electrons. The van der Waals surface area contributed by atoms with Gasteiger partial charge in [0.25, 0.3) is 0 Å². The van der Waals surface area contributed by atoms with E-state index in [0.29, 0.717) is 12.0 Å². The summed E-state index contributed by atoms with van der Waals surface area (Å²) in [6, 6.07) is 4.15. The van der Waals surface area contributed by atoms with Crippen LogP contribution in [0.15, 0.2) is 24.3 Å². The van der Waals surface area contributed by atoms with Crippen molar-refractivity contribution >= 4 is 5.78 Å². The van der Waals surface area contributed by atoms with Crippen LogP contribution in [0.1, 0.15) is 42.1 Å². The Kier molecular flexibility index (Phi) is 4.94. The number of hydrogen-bond donors (Lipinski definition) is 0. The number of halogens is 7. The molecule has 1 aromatic rings. The second-order valence-corrected chi connectivity index (χ2v) is 4.91. The molecule has 1 unspecified atom stereocenters. The van der Waals surface area contributed by atoms with Crippen LogP contribution < -0.4 is 0 Å². The van der Waals surface area contributed by atoms with E-state index in [4.69, 9.17) is 0 Å². The van der Waals surface area contributed by atoms with E-state index in [1.807, 2.05) is 13.8 Å². The molecule has 0 heterocycles. The number of Topliss-reactive ketones (excluding diaryl/α,β-unsaturated/α-hetero) is 1. The van der Waals surface area contributed by atoms with Gasteiger partial charge in [0, 0.05) is 5.56 Å². The summed E-state index contributed by atoms with van der Waals surface area (Å²) in [5.41, 5.74) is -0.245. The van der Waals surface area contributed by atoms with Gasteiger partial charge in [0.2, 0.25) is 5.78 Å². The van der Waals surface area contributed by atoms with Gasteiger partial charge < -0.3 is 0 Å². The van der Waals surface area contributed by atoms with Gasteiger partial charge in [-0.2, -0.15) is 30.7 Å². The molecule has 0 saturated heterocycles. The summed E-state index contributed by atoms with van der Waals surface area (Å²) < 4.78 is 88.3. The highest BCUT2D eigenvalue weighted by molar-refractivity contribution is 6.02. The molecule has 124 valence electrons. The van der Waals surface area contributed by atoms with Crippen LogP contribution in [-0.4, -0.2) is 23.8 Å². The van der Waals surface area contributed by atoms with Crippen molar-refractivity contribution in [1.29, 1.82) is 0 Å². The molecular formula is C14H13F7O. The SMILES string of the molecule is CCC(C)c1ccc(C(=O)C(F)(F)C(F)(F)C(F)(F)F)cc1. The lowest BCUT2D eigenvalue weighted by atomic mass is 9.94. The molecular weight excluding hydrogens is 317 g/mol. The van der Waals surface area contributed by atoms with E-state index in [0.717, 1.165) is 12.1 Å². The minimum Gasteiger partial charge on any atom is -0.287 e. The highest BCUT2D eigenvalue weighted by Gasteiger charge is 2.76. The quantitative estimate of drug-likeness (QED) is 0.535. The van der Waals surface area contributed by atoms with Gasteiger partial charge in [-0.05, 0) is 17.9 Å². The Morgan fingerprint density at radius 2 is 1.45 bits per heavy atom. The van der Waals surface area contributed by atoms with Crippen LogP contribution in [0.5, 0.6) is 0 Å². The third-order valence-electron chi connectivity index (χ3n) is 3.39. The smallest absolute Gasteiger partial charge is 0.287 e. The molecule has 0 fully saturated rings. The van der Waals surface area contributed by atoms with E-state index in [1.54, 1.807) is 0 Å². The summed E-state index contributed by atoms with van der Waals surface area (Å²) in [7, 11) is 0. The summed E-state index contributed by atoms with van der Waals surface area (Å²) in [6.07, 6.45) is -5.82. The number of carbonyl (C=O) groups excluding carboxylic acids is 1. The van der Waals surface area contributed by atoms with E-state index in [9.17, 15) is 35.5 Å². The normalized spacial score (nSPS) is 14.8. The first-order chi connectivity index (χ1) is 9.86. The van der Waals surface area contributed by atoms with E-state index in [1.165, 1.54) is 12.1 Å². The average molecular weight is 330 g/mol. The van der Waals surface area contributed by atoms with Crippen LogP contribution in [0, 0.1) is 0 Å². The molecule has 1 rings (SSSR count). The molecule has 0 bridgehead atoms. The Morgan fingerprint density at radius 3 is 1.82 bits per heavy atom. The van der Waals surface area contributed by atoms with E-state index >= 15 is 0 Å². The highest BCUT2D eigenvalue weighted by atomic mass is 19.4. The largest absolute Gasteiger partial charge is 0.460 e. The van der Waals surface area contributed by atoms with Gasteiger partial charge in [0.15, 0.2) is 0 Å². The van der Waals surface area contributed by atoms with Crippen molar-refractivity contribution in [3.63, 3.8) is 0 Å². The van der Waals surface area contributed by atoms with Crippen LogP contribution >= 0.6 is 0 Å².